The van der Waals surface area contributed by atoms with Crippen molar-refractivity contribution in [2.45, 2.75) is 52.4 Å². The molecule has 3 unspecified atom stereocenters. The smallest absolute Gasteiger partial charge is 0.0406 e. The second-order valence-electron chi connectivity index (χ2n) is 6.97. The molecule has 0 amide bonds. The van der Waals surface area contributed by atoms with Crippen molar-refractivity contribution in [1.82, 2.24) is 0 Å². The Morgan fingerprint density at radius 1 is 1.05 bits per heavy atom. The van der Waals surface area contributed by atoms with E-state index in [1.165, 1.54) is 31.2 Å². The van der Waals surface area contributed by atoms with Crippen molar-refractivity contribution in [2.75, 3.05) is 0 Å². The van der Waals surface area contributed by atoms with Crippen LogP contribution in [0.4, 0.5) is 0 Å². The van der Waals surface area contributed by atoms with Crippen molar-refractivity contribution >= 4 is 11.6 Å². The van der Waals surface area contributed by atoms with Gasteiger partial charge in [-0.05, 0) is 61.1 Å². The Bertz CT molecular complexity index is 503. The Morgan fingerprint density at radius 2 is 1.70 bits per heavy atom. The van der Waals surface area contributed by atoms with Crippen LogP contribution in [-0.2, 0) is 0 Å². The van der Waals surface area contributed by atoms with E-state index in [0.717, 1.165) is 22.8 Å². The lowest BCUT2D eigenvalue weighted by Gasteiger charge is -2.40. The number of rotatable bonds is 2. The predicted molar refractivity (Wildman–Crippen MR) is 87.2 cm³/mol. The van der Waals surface area contributed by atoms with E-state index in [1.807, 2.05) is 0 Å². The van der Waals surface area contributed by atoms with Gasteiger partial charge in [0.2, 0.25) is 0 Å². The third kappa shape index (κ3) is 2.68. The highest BCUT2D eigenvalue weighted by atomic mass is 35.5. The summed E-state index contributed by atoms with van der Waals surface area (Å²) in [5.41, 5.74) is 5.01. The Morgan fingerprint density at radius 3 is 2.25 bits per heavy atom. The Labute approximate surface area is 128 Å². The lowest BCUT2D eigenvalue weighted by molar-refractivity contribution is 0.253. The summed E-state index contributed by atoms with van der Waals surface area (Å²) in [7, 11) is 0. The third-order valence-corrected chi connectivity index (χ3v) is 5.47. The van der Waals surface area contributed by atoms with Gasteiger partial charge in [0.1, 0.15) is 0 Å². The molecule has 3 atom stereocenters. The molecule has 0 spiro atoms. The molecule has 0 aliphatic heterocycles. The first kappa shape index (κ1) is 14.2. The van der Waals surface area contributed by atoms with Crippen LogP contribution in [0, 0.1) is 17.8 Å². The maximum absolute atomic E-state index is 6.08. The maximum Gasteiger partial charge on any atom is 0.0406 e. The number of halogens is 1. The molecule has 0 nitrogen and oxygen atoms in total. The first-order chi connectivity index (χ1) is 9.58. The molecular weight excluding hydrogens is 264 g/mol. The highest BCUT2D eigenvalue weighted by Crippen LogP contribution is 2.52. The summed E-state index contributed by atoms with van der Waals surface area (Å²) >= 11 is 6.08. The van der Waals surface area contributed by atoms with Gasteiger partial charge in [-0.2, -0.15) is 0 Å². The SMILES string of the molecule is CC1CCC(C(C)C)C(c2ccc(Cl)cc2)C1=C1CC1. The lowest BCUT2D eigenvalue weighted by atomic mass is 9.64. The highest BCUT2D eigenvalue weighted by Gasteiger charge is 2.38. The van der Waals surface area contributed by atoms with E-state index in [1.54, 1.807) is 11.1 Å². The normalized spacial score (nSPS) is 29.9. The molecule has 0 radical (unpaired) electrons. The van der Waals surface area contributed by atoms with Gasteiger partial charge in [0.25, 0.3) is 0 Å². The van der Waals surface area contributed by atoms with Gasteiger partial charge in [-0.3, -0.25) is 0 Å². The summed E-state index contributed by atoms with van der Waals surface area (Å²) < 4.78 is 0. The predicted octanol–water partition coefficient (Wildman–Crippen LogP) is 6.22. The first-order valence-electron chi connectivity index (χ1n) is 8.05. The molecule has 2 saturated carbocycles. The van der Waals surface area contributed by atoms with Crippen LogP contribution < -0.4 is 0 Å². The Hall–Kier alpha value is -0.750. The molecule has 108 valence electrons. The zero-order chi connectivity index (χ0) is 14.3. The minimum absolute atomic E-state index is 0.633. The highest BCUT2D eigenvalue weighted by molar-refractivity contribution is 6.30. The summed E-state index contributed by atoms with van der Waals surface area (Å²) in [4.78, 5) is 0. The van der Waals surface area contributed by atoms with E-state index in [-0.39, 0.29) is 0 Å². The second-order valence-corrected chi connectivity index (χ2v) is 7.41. The van der Waals surface area contributed by atoms with Crippen molar-refractivity contribution in [1.29, 1.82) is 0 Å². The average molecular weight is 289 g/mol. The van der Waals surface area contributed by atoms with Gasteiger partial charge >= 0.3 is 0 Å². The zero-order valence-corrected chi connectivity index (χ0v) is 13.6. The van der Waals surface area contributed by atoms with Gasteiger partial charge in [-0.1, -0.05) is 55.7 Å². The van der Waals surface area contributed by atoms with E-state index in [2.05, 4.69) is 45.0 Å². The van der Waals surface area contributed by atoms with Crippen molar-refractivity contribution < 1.29 is 0 Å². The van der Waals surface area contributed by atoms with Gasteiger partial charge in [-0.25, -0.2) is 0 Å². The molecule has 2 aliphatic rings. The van der Waals surface area contributed by atoms with Gasteiger partial charge in [-0.15, -0.1) is 0 Å². The van der Waals surface area contributed by atoms with Crippen molar-refractivity contribution in [3.8, 4) is 0 Å². The van der Waals surface area contributed by atoms with Crippen molar-refractivity contribution in [3.05, 3.63) is 46.0 Å². The fraction of sp³-hybridized carbons (Fsp3) is 0.579. The summed E-state index contributed by atoms with van der Waals surface area (Å²) in [6.45, 7) is 7.21. The molecule has 0 bridgehead atoms. The van der Waals surface area contributed by atoms with Crippen LogP contribution in [0.25, 0.3) is 0 Å². The van der Waals surface area contributed by atoms with E-state index >= 15 is 0 Å². The first-order valence-corrected chi connectivity index (χ1v) is 8.43. The van der Waals surface area contributed by atoms with Crippen LogP contribution in [-0.4, -0.2) is 0 Å². The largest absolute Gasteiger partial charge is 0.0843 e. The fourth-order valence-electron chi connectivity index (χ4n) is 4.04. The monoisotopic (exact) mass is 288 g/mol. The second kappa shape index (κ2) is 5.56. The molecule has 0 heterocycles. The summed E-state index contributed by atoms with van der Waals surface area (Å²) in [6.07, 6.45) is 5.41. The van der Waals surface area contributed by atoms with Gasteiger partial charge in [0.05, 0.1) is 0 Å². The molecule has 1 heteroatoms. The molecule has 2 aliphatic carbocycles. The maximum atomic E-state index is 6.08. The Balaban J connectivity index is 2.03. The molecule has 1 aromatic rings. The van der Waals surface area contributed by atoms with E-state index in [0.29, 0.717) is 5.92 Å². The fourth-order valence-corrected chi connectivity index (χ4v) is 4.16. The van der Waals surface area contributed by atoms with Crippen LogP contribution >= 0.6 is 11.6 Å². The molecule has 3 rings (SSSR count). The lowest BCUT2D eigenvalue weighted by Crippen LogP contribution is -2.28. The minimum Gasteiger partial charge on any atom is -0.0843 e. The summed E-state index contributed by atoms with van der Waals surface area (Å²) in [5.74, 6) is 2.93. The molecule has 0 N–H and O–H groups in total. The van der Waals surface area contributed by atoms with Crippen molar-refractivity contribution in [2.24, 2.45) is 17.8 Å². The van der Waals surface area contributed by atoms with E-state index < -0.39 is 0 Å². The summed E-state index contributed by atoms with van der Waals surface area (Å²) in [5, 5.41) is 0.847. The number of benzene rings is 1. The zero-order valence-electron chi connectivity index (χ0n) is 12.8. The Kier molecular flexibility index (Phi) is 3.95. The van der Waals surface area contributed by atoms with Crippen LogP contribution in [0.5, 0.6) is 0 Å². The molecule has 20 heavy (non-hydrogen) atoms. The minimum atomic E-state index is 0.633. The van der Waals surface area contributed by atoms with Crippen LogP contribution in [0.1, 0.15) is 57.9 Å². The molecule has 2 fully saturated rings. The van der Waals surface area contributed by atoms with Crippen LogP contribution in [0.15, 0.2) is 35.4 Å². The summed E-state index contributed by atoms with van der Waals surface area (Å²) in [6, 6.07) is 8.62. The van der Waals surface area contributed by atoms with E-state index in [9.17, 15) is 0 Å². The van der Waals surface area contributed by atoms with Gasteiger partial charge < -0.3 is 0 Å². The molecular formula is C19H25Cl. The van der Waals surface area contributed by atoms with Crippen LogP contribution in [0.3, 0.4) is 0 Å². The van der Waals surface area contributed by atoms with Crippen LogP contribution in [0.2, 0.25) is 5.02 Å². The molecule has 0 saturated heterocycles. The average Bonchev–Trinajstić information content (AvgIpc) is 3.23. The van der Waals surface area contributed by atoms with Gasteiger partial charge in [0, 0.05) is 10.9 Å². The number of allylic oxidation sites excluding steroid dienone is 2. The number of hydrogen-bond donors (Lipinski definition) is 0. The standard InChI is InChI=1S/C19H25Cl/c1-12(2)17-11-4-13(3)18(14-5-6-14)19(17)15-7-9-16(20)10-8-15/h7-10,12-13,17,19H,4-6,11H2,1-3H3. The molecule has 1 aromatic carbocycles. The van der Waals surface area contributed by atoms with Gasteiger partial charge in [0.15, 0.2) is 0 Å². The van der Waals surface area contributed by atoms with Crippen molar-refractivity contribution in [3.63, 3.8) is 0 Å². The number of hydrogen-bond acceptors (Lipinski definition) is 0. The quantitative estimate of drug-likeness (QED) is 0.567. The van der Waals surface area contributed by atoms with E-state index in [4.69, 9.17) is 11.6 Å². The topological polar surface area (TPSA) is 0 Å². The third-order valence-electron chi connectivity index (χ3n) is 5.22. The molecule has 0 aromatic heterocycles.